The molecule has 0 N–H and O–H groups in total. The molecule has 0 radical (unpaired) electrons. The number of rotatable bonds is 3. The van der Waals surface area contributed by atoms with Crippen molar-refractivity contribution < 1.29 is 13.2 Å². The molecule has 3 aromatic carbocycles. The van der Waals surface area contributed by atoms with Crippen molar-refractivity contribution in [3.63, 3.8) is 0 Å². The summed E-state index contributed by atoms with van der Waals surface area (Å²) in [6.07, 6.45) is 4.71. The molecule has 1 saturated carbocycles. The van der Waals surface area contributed by atoms with Crippen LogP contribution < -0.4 is 4.31 Å². The number of para-hydroxylation sites is 1. The number of fused-ring (bicyclic) bond motifs is 3. The Kier molecular flexibility index (Phi) is 5.42. The van der Waals surface area contributed by atoms with Crippen LogP contribution in [0.5, 0.6) is 0 Å². The SMILES string of the molecule is CC12CC3(CCCC3)C(c3ccc(Cl)cc3)=C1c1ccccc1N(S(=O)(=O)c1ccc(Cl)cc1)C2=O. The Bertz CT molecular complexity index is 1520. The smallest absolute Gasteiger partial charge is 0.270 e. The van der Waals surface area contributed by atoms with Gasteiger partial charge in [-0.15, -0.1) is 0 Å². The first-order valence-corrected chi connectivity index (χ1v) is 14.3. The van der Waals surface area contributed by atoms with Crippen molar-refractivity contribution >= 4 is 56.0 Å². The van der Waals surface area contributed by atoms with Gasteiger partial charge in [0.2, 0.25) is 0 Å². The molecule has 36 heavy (non-hydrogen) atoms. The molecule has 4 nitrogen and oxygen atoms in total. The molecule has 7 heteroatoms. The van der Waals surface area contributed by atoms with Crippen LogP contribution in [-0.2, 0) is 14.8 Å². The summed E-state index contributed by atoms with van der Waals surface area (Å²) < 4.78 is 28.9. The standard InChI is InChI=1S/C29H25Cl2NO3S/c1-28-18-29(16-4-5-17-29)25(19-8-10-20(30)11-9-19)26(28)23-6-2-3-7-24(23)32(27(28)33)36(34,35)22-14-12-21(31)13-15-22/h2-3,6-15H,4-5,16-18H2,1H3. The summed E-state index contributed by atoms with van der Waals surface area (Å²) in [4.78, 5) is 14.5. The molecular weight excluding hydrogens is 513 g/mol. The van der Waals surface area contributed by atoms with E-state index < -0.39 is 21.3 Å². The van der Waals surface area contributed by atoms with Crippen LogP contribution in [0.4, 0.5) is 5.69 Å². The third kappa shape index (κ3) is 3.33. The molecule has 0 aromatic heterocycles. The summed E-state index contributed by atoms with van der Waals surface area (Å²) in [5.74, 6) is -0.401. The fourth-order valence-corrected chi connectivity index (χ4v) is 8.48. The lowest BCUT2D eigenvalue weighted by molar-refractivity contribution is -0.124. The number of hydrogen-bond acceptors (Lipinski definition) is 3. The monoisotopic (exact) mass is 537 g/mol. The molecule has 6 rings (SSSR count). The fraction of sp³-hybridized carbons (Fsp3) is 0.276. The molecule has 3 aliphatic rings. The van der Waals surface area contributed by atoms with Gasteiger partial charge in [0.1, 0.15) is 0 Å². The van der Waals surface area contributed by atoms with Gasteiger partial charge in [0.05, 0.1) is 16.0 Å². The molecule has 1 atom stereocenters. The van der Waals surface area contributed by atoms with E-state index in [1.165, 1.54) is 29.8 Å². The molecule has 2 aliphatic carbocycles. The highest BCUT2D eigenvalue weighted by molar-refractivity contribution is 7.93. The minimum Gasteiger partial charge on any atom is -0.272 e. The van der Waals surface area contributed by atoms with Gasteiger partial charge in [-0.2, -0.15) is 0 Å². The predicted molar refractivity (Wildman–Crippen MR) is 144 cm³/mol. The van der Waals surface area contributed by atoms with Gasteiger partial charge in [-0.05, 0) is 90.8 Å². The Balaban J connectivity index is 1.64. The number of halogens is 2. The summed E-state index contributed by atoms with van der Waals surface area (Å²) in [5.41, 5.74) is 3.21. The zero-order valence-electron chi connectivity index (χ0n) is 19.8. The number of anilines is 1. The Hall–Kier alpha value is -2.60. The van der Waals surface area contributed by atoms with Crippen molar-refractivity contribution in [3.8, 4) is 0 Å². The minimum absolute atomic E-state index is 0.0394. The second-order valence-corrected chi connectivity index (χ2v) is 13.0. The van der Waals surface area contributed by atoms with Crippen molar-refractivity contribution in [1.29, 1.82) is 0 Å². The van der Waals surface area contributed by atoms with Gasteiger partial charge in [0, 0.05) is 15.6 Å². The first-order valence-electron chi connectivity index (χ1n) is 12.1. The maximum atomic E-state index is 14.4. The topological polar surface area (TPSA) is 54.5 Å². The molecule has 0 bridgehead atoms. The molecule has 1 heterocycles. The van der Waals surface area contributed by atoms with Crippen LogP contribution >= 0.6 is 23.2 Å². The summed E-state index contributed by atoms with van der Waals surface area (Å²) in [7, 11) is -4.16. The Labute approximate surface area is 221 Å². The van der Waals surface area contributed by atoms with Gasteiger partial charge in [-0.25, -0.2) is 12.7 Å². The van der Waals surface area contributed by atoms with Crippen LogP contribution in [0.1, 0.15) is 50.2 Å². The Morgan fingerprint density at radius 1 is 0.806 bits per heavy atom. The lowest BCUT2D eigenvalue weighted by Crippen LogP contribution is -2.49. The molecule has 1 amide bonds. The first kappa shape index (κ1) is 23.8. The Morgan fingerprint density at radius 3 is 2.03 bits per heavy atom. The summed E-state index contributed by atoms with van der Waals surface area (Å²) in [6, 6.07) is 21.2. The number of nitrogens with zero attached hydrogens (tertiary/aromatic N) is 1. The van der Waals surface area contributed by atoms with Crippen LogP contribution in [0.15, 0.2) is 77.7 Å². The van der Waals surface area contributed by atoms with E-state index in [4.69, 9.17) is 23.2 Å². The molecule has 1 unspecified atom stereocenters. The Morgan fingerprint density at radius 2 is 1.39 bits per heavy atom. The fourth-order valence-electron chi connectivity index (χ4n) is 6.70. The summed E-state index contributed by atoms with van der Waals surface area (Å²) in [5, 5.41) is 1.09. The largest absolute Gasteiger partial charge is 0.272 e. The summed E-state index contributed by atoms with van der Waals surface area (Å²) in [6.45, 7) is 1.92. The normalized spacial score (nSPS) is 22.8. The van der Waals surface area contributed by atoms with E-state index in [2.05, 4.69) is 0 Å². The predicted octanol–water partition coefficient (Wildman–Crippen LogP) is 7.61. The van der Waals surface area contributed by atoms with Gasteiger partial charge in [0.15, 0.2) is 0 Å². The van der Waals surface area contributed by atoms with Gasteiger partial charge < -0.3 is 0 Å². The van der Waals surface area contributed by atoms with E-state index in [0.717, 1.165) is 46.7 Å². The van der Waals surface area contributed by atoms with Crippen molar-refractivity contribution in [2.24, 2.45) is 10.8 Å². The minimum atomic E-state index is -4.16. The molecule has 1 fully saturated rings. The number of allylic oxidation sites excluding steroid dienone is 1. The number of hydrogen-bond donors (Lipinski definition) is 0. The maximum absolute atomic E-state index is 14.4. The van der Waals surface area contributed by atoms with Gasteiger partial charge in [-0.1, -0.05) is 66.4 Å². The van der Waals surface area contributed by atoms with Crippen molar-refractivity contribution in [1.82, 2.24) is 0 Å². The lowest BCUT2D eigenvalue weighted by atomic mass is 9.72. The second kappa shape index (κ2) is 8.20. The van der Waals surface area contributed by atoms with Crippen LogP contribution in [0, 0.1) is 10.8 Å². The highest BCUT2D eigenvalue weighted by Crippen LogP contribution is 2.68. The molecule has 184 valence electrons. The molecule has 1 spiro atoms. The molecule has 3 aromatic rings. The number of carbonyl (C=O) groups excluding carboxylic acids is 1. The van der Waals surface area contributed by atoms with Crippen molar-refractivity contribution in [2.45, 2.75) is 43.9 Å². The van der Waals surface area contributed by atoms with Crippen LogP contribution in [0.25, 0.3) is 11.1 Å². The maximum Gasteiger partial charge on any atom is 0.270 e. The van der Waals surface area contributed by atoms with E-state index in [9.17, 15) is 13.2 Å². The number of benzene rings is 3. The number of carbonyl (C=O) groups is 1. The number of sulfonamides is 1. The van der Waals surface area contributed by atoms with E-state index in [1.54, 1.807) is 12.1 Å². The second-order valence-electron chi connectivity index (χ2n) is 10.3. The highest BCUT2D eigenvalue weighted by atomic mass is 35.5. The molecule has 1 aliphatic heterocycles. The van der Waals surface area contributed by atoms with Crippen molar-refractivity contribution in [3.05, 3.63) is 94.0 Å². The van der Waals surface area contributed by atoms with E-state index in [0.29, 0.717) is 22.2 Å². The molecular formula is C29H25Cl2NO3S. The van der Waals surface area contributed by atoms with Crippen molar-refractivity contribution in [2.75, 3.05) is 4.31 Å². The van der Waals surface area contributed by atoms with E-state index >= 15 is 0 Å². The quantitative estimate of drug-likeness (QED) is 0.345. The van der Waals surface area contributed by atoms with Gasteiger partial charge >= 0.3 is 0 Å². The van der Waals surface area contributed by atoms with E-state index in [-0.39, 0.29) is 10.3 Å². The first-order chi connectivity index (χ1) is 17.2. The third-order valence-corrected chi connectivity index (χ3v) is 10.3. The van der Waals surface area contributed by atoms with E-state index in [1.807, 2.05) is 43.3 Å². The lowest BCUT2D eigenvalue weighted by Gasteiger charge is -2.40. The summed E-state index contributed by atoms with van der Waals surface area (Å²) >= 11 is 12.2. The average molecular weight is 538 g/mol. The zero-order valence-corrected chi connectivity index (χ0v) is 22.1. The number of amides is 1. The van der Waals surface area contributed by atoms with Gasteiger partial charge in [-0.3, -0.25) is 4.79 Å². The van der Waals surface area contributed by atoms with Crippen LogP contribution in [0.3, 0.4) is 0 Å². The third-order valence-electron chi connectivity index (χ3n) is 8.12. The van der Waals surface area contributed by atoms with Gasteiger partial charge in [0.25, 0.3) is 15.9 Å². The van der Waals surface area contributed by atoms with Crippen LogP contribution in [-0.4, -0.2) is 14.3 Å². The van der Waals surface area contributed by atoms with Crippen LogP contribution in [0.2, 0.25) is 10.0 Å². The molecule has 0 saturated heterocycles. The zero-order chi connectivity index (χ0) is 25.3. The highest BCUT2D eigenvalue weighted by Gasteiger charge is 2.61. The average Bonchev–Trinajstić information content (AvgIpc) is 3.42.